The van der Waals surface area contributed by atoms with Gasteiger partial charge in [0.05, 0.1) is 31.2 Å². The first-order valence-corrected chi connectivity index (χ1v) is 8.94. The van der Waals surface area contributed by atoms with Gasteiger partial charge in [-0.15, -0.1) is 0 Å². The highest BCUT2D eigenvalue weighted by molar-refractivity contribution is 5.94. The Hall–Kier alpha value is -2.96. The van der Waals surface area contributed by atoms with Crippen LogP contribution in [0, 0.1) is 6.92 Å². The first kappa shape index (κ1) is 17.5. The highest BCUT2D eigenvalue weighted by atomic mass is 16.6. The largest absolute Gasteiger partial charge is 0.376 e. The number of nitrogens with zero attached hydrogens (tertiary/aromatic N) is 2. The molecule has 1 fully saturated rings. The molecular weight excluding hydrogens is 342 g/mol. The molecule has 0 radical (unpaired) electrons. The van der Waals surface area contributed by atoms with Crippen molar-refractivity contribution in [1.29, 1.82) is 0 Å². The van der Waals surface area contributed by atoms with Crippen LogP contribution < -0.4 is 5.32 Å². The fourth-order valence-electron chi connectivity index (χ4n) is 3.05. The third-order valence-corrected chi connectivity index (χ3v) is 4.48. The Morgan fingerprint density at radius 1 is 1.11 bits per heavy atom. The zero-order chi connectivity index (χ0) is 18.6. The molecule has 0 spiro atoms. The molecule has 4 rings (SSSR count). The summed E-state index contributed by atoms with van der Waals surface area (Å²) in [6.45, 7) is 3.21. The van der Waals surface area contributed by atoms with E-state index in [1.54, 1.807) is 4.68 Å². The molecule has 1 N–H and O–H groups in total. The molecule has 1 saturated heterocycles. The zero-order valence-corrected chi connectivity index (χ0v) is 15.1. The Balaban J connectivity index is 1.71. The molecular formula is C21H21N3O3. The third kappa shape index (κ3) is 3.77. The third-order valence-electron chi connectivity index (χ3n) is 4.48. The maximum absolute atomic E-state index is 12.6. The van der Waals surface area contributed by atoms with E-state index < -0.39 is 6.10 Å². The lowest BCUT2D eigenvalue weighted by Crippen LogP contribution is -2.39. The lowest BCUT2D eigenvalue weighted by Gasteiger charge is -2.22. The van der Waals surface area contributed by atoms with E-state index in [9.17, 15) is 4.79 Å². The van der Waals surface area contributed by atoms with Crippen molar-refractivity contribution in [3.05, 3.63) is 66.2 Å². The number of hydrogen-bond donors (Lipinski definition) is 1. The van der Waals surface area contributed by atoms with E-state index in [4.69, 9.17) is 14.6 Å². The van der Waals surface area contributed by atoms with Gasteiger partial charge in [-0.1, -0.05) is 48.5 Å². The van der Waals surface area contributed by atoms with Gasteiger partial charge in [-0.25, -0.2) is 4.68 Å². The maximum atomic E-state index is 12.6. The van der Waals surface area contributed by atoms with Crippen LogP contribution in [0.15, 0.2) is 60.7 Å². The SMILES string of the molecule is Cc1ccccc1-n1nc(-c2ccccc2)cc1NC(=O)[C@@H]1COCCO1. The lowest BCUT2D eigenvalue weighted by molar-refractivity contribution is -0.142. The van der Waals surface area contributed by atoms with Crippen molar-refractivity contribution in [2.75, 3.05) is 25.1 Å². The van der Waals surface area contributed by atoms with Crippen LogP contribution in [0.25, 0.3) is 16.9 Å². The van der Waals surface area contributed by atoms with Gasteiger partial charge in [0.15, 0.2) is 6.10 Å². The Morgan fingerprint density at radius 2 is 1.89 bits per heavy atom. The van der Waals surface area contributed by atoms with Crippen molar-refractivity contribution in [3.63, 3.8) is 0 Å². The van der Waals surface area contributed by atoms with Crippen molar-refractivity contribution in [2.45, 2.75) is 13.0 Å². The molecule has 0 bridgehead atoms. The first-order chi connectivity index (χ1) is 13.2. The molecule has 6 nitrogen and oxygen atoms in total. The standard InChI is InChI=1S/C21H21N3O3/c1-15-7-5-6-10-18(15)24-20(22-21(25)19-14-26-11-12-27-19)13-17(23-24)16-8-3-2-4-9-16/h2-10,13,19H,11-12,14H2,1H3,(H,22,25)/t19-/m0/s1. The molecule has 1 aliphatic rings. The van der Waals surface area contributed by atoms with Gasteiger partial charge in [0.1, 0.15) is 5.82 Å². The minimum absolute atomic E-state index is 0.232. The summed E-state index contributed by atoms with van der Waals surface area (Å²) in [4.78, 5) is 12.6. The van der Waals surface area contributed by atoms with Crippen molar-refractivity contribution in [3.8, 4) is 16.9 Å². The minimum atomic E-state index is -0.612. The highest BCUT2D eigenvalue weighted by Crippen LogP contribution is 2.26. The van der Waals surface area contributed by atoms with E-state index in [0.29, 0.717) is 19.0 Å². The monoisotopic (exact) mass is 363 g/mol. The summed E-state index contributed by atoms with van der Waals surface area (Å²) in [5, 5.41) is 7.69. The minimum Gasteiger partial charge on any atom is -0.376 e. The molecule has 1 atom stereocenters. The Bertz CT molecular complexity index is 931. The number of rotatable bonds is 4. The normalized spacial score (nSPS) is 16.9. The van der Waals surface area contributed by atoms with Gasteiger partial charge in [-0.05, 0) is 18.6 Å². The van der Waals surface area contributed by atoms with Crippen LogP contribution >= 0.6 is 0 Å². The Morgan fingerprint density at radius 3 is 2.63 bits per heavy atom. The van der Waals surface area contributed by atoms with Crippen LogP contribution in [0.2, 0.25) is 0 Å². The molecule has 0 unspecified atom stereocenters. The van der Waals surface area contributed by atoms with E-state index in [2.05, 4.69) is 5.32 Å². The molecule has 0 aliphatic carbocycles. The number of benzene rings is 2. The summed E-state index contributed by atoms with van der Waals surface area (Å²) >= 11 is 0. The molecule has 138 valence electrons. The molecule has 2 aromatic carbocycles. The molecule has 1 amide bonds. The van der Waals surface area contributed by atoms with Gasteiger partial charge >= 0.3 is 0 Å². The number of hydrogen-bond acceptors (Lipinski definition) is 4. The number of aryl methyl sites for hydroxylation is 1. The number of aromatic nitrogens is 2. The number of ether oxygens (including phenoxy) is 2. The van der Waals surface area contributed by atoms with Crippen molar-refractivity contribution >= 4 is 11.7 Å². The summed E-state index contributed by atoms with van der Waals surface area (Å²) < 4.78 is 12.6. The predicted molar refractivity (Wildman–Crippen MR) is 103 cm³/mol. The van der Waals surface area contributed by atoms with Crippen LogP contribution in [-0.2, 0) is 14.3 Å². The van der Waals surface area contributed by atoms with E-state index in [1.165, 1.54) is 0 Å². The molecule has 1 aromatic heterocycles. The van der Waals surface area contributed by atoms with E-state index in [0.717, 1.165) is 22.5 Å². The van der Waals surface area contributed by atoms with Gasteiger partial charge < -0.3 is 14.8 Å². The fourth-order valence-corrected chi connectivity index (χ4v) is 3.05. The van der Waals surface area contributed by atoms with Gasteiger partial charge in [-0.3, -0.25) is 4.79 Å². The van der Waals surface area contributed by atoms with E-state index in [1.807, 2.05) is 67.6 Å². The topological polar surface area (TPSA) is 65.4 Å². The molecule has 27 heavy (non-hydrogen) atoms. The van der Waals surface area contributed by atoms with Gasteiger partial charge in [0.25, 0.3) is 5.91 Å². The van der Waals surface area contributed by atoms with Crippen LogP contribution in [0.5, 0.6) is 0 Å². The number of para-hydroxylation sites is 1. The second-order valence-corrected chi connectivity index (χ2v) is 6.40. The number of anilines is 1. The molecule has 2 heterocycles. The molecule has 0 saturated carbocycles. The van der Waals surface area contributed by atoms with Crippen molar-refractivity contribution < 1.29 is 14.3 Å². The van der Waals surface area contributed by atoms with Crippen LogP contribution in [0.3, 0.4) is 0 Å². The summed E-state index contributed by atoms with van der Waals surface area (Å²) in [5.74, 6) is 0.367. The summed E-state index contributed by atoms with van der Waals surface area (Å²) in [7, 11) is 0. The number of amides is 1. The van der Waals surface area contributed by atoms with Crippen molar-refractivity contribution in [1.82, 2.24) is 9.78 Å². The average Bonchev–Trinajstić information content (AvgIpc) is 3.13. The van der Waals surface area contributed by atoms with Gasteiger partial charge in [0.2, 0.25) is 0 Å². The Kier molecular flexibility index (Phi) is 5.00. The summed E-state index contributed by atoms with van der Waals surface area (Å²) in [6, 6.07) is 19.7. The average molecular weight is 363 g/mol. The number of carbonyl (C=O) groups is 1. The molecule has 1 aliphatic heterocycles. The predicted octanol–water partition coefficient (Wildman–Crippen LogP) is 3.20. The van der Waals surface area contributed by atoms with Crippen LogP contribution in [0.1, 0.15) is 5.56 Å². The zero-order valence-electron chi connectivity index (χ0n) is 15.1. The quantitative estimate of drug-likeness (QED) is 0.773. The highest BCUT2D eigenvalue weighted by Gasteiger charge is 2.24. The van der Waals surface area contributed by atoms with E-state index >= 15 is 0 Å². The van der Waals surface area contributed by atoms with Gasteiger partial charge in [-0.2, -0.15) is 5.10 Å². The second kappa shape index (κ2) is 7.73. The second-order valence-electron chi connectivity index (χ2n) is 6.40. The smallest absolute Gasteiger partial charge is 0.257 e. The first-order valence-electron chi connectivity index (χ1n) is 8.94. The van der Waals surface area contributed by atoms with E-state index in [-0.39, 0.29) is 12.5 Å². The van der Waals surface area contributed by atoms with Crippen LogP contribution in [-0.4, -0.2) is 41.6 Å². The molecule has 3 aromatic rings. The summed E-state index contributed by atoms with van der Waals surface area (Å²) in [5.41, 5.74) is 3.75. The van der Waals surface area contributed by atoms with Crippen LogP contribution in [0.4, 0.5) is 5.82 Å². The Labute approximate surface area is 157 Å². The molecule has 6 heteroatoms. The maximum Gasteiger partial charge on any atom is 0.257 e. The number of nitrogens with one attached hydrogen (secondary N) is 1. The fraction of sp³-hybridized carbons (Fsp3) is 0.238. The van der Waals surface area contributed by atoms with Crippen molar-refractivity contribution in [2.24, 2.45) is 0 Å². The number of carbonyl (C=O) groups excluding carboxylic acids is 1. The summed E-state index contributed by atoms with van der Waals surface area (Å²) in [6.07, 6.45) is -0.612. The lowest BCUT2D eigenvalue weighted by atomic mass is 10.1. The van der Waals surface area contributed by atoms with Gasteiger partial charge in [0, 0.05) is 11.6 Å².